The summed E-state index contributed by atoms with van der Waals surface area (Å²) < 4.78 is 21.4. The van der Waals surface area contributed by atoms with Gasteiger partial charge in [0.1, 0.15) is 5.82 Å². The predicted octanol–water partition coefficient (Wildman–Crippen LogP) is 3.66. The molecule has 5 rings (SSSR count). The van der Waals surface area contributed by atoms with Crippen molar-refractivity contribution in [1.29, 1.82) is 0 Å². The molecule has 9 heteroatoms. The second-order valence-electron chi connectivity index (χ2n) is 9.59. The molecule has 5 atom stereocenters. The first kappa shape index (κ1) is 22.7. The number of rotatable bonds is 7. The van der Waals surface area contributed by atoms with Crippen molar-refractivity contribution in [1.82, 2.24) is 20.1 Å². The highest BCUT2D eigenvalue weighted by Crippen LogP contribution is 2.49. The maximum absolute atomic E-state index is 14.1. The third-order valence-corrected chi connectivity index (χ3v) is 8.48. The molecule has 1 saturated heterocycles. The molecule has 1 aromatic carbocycles. The minimum atomic E-state index is -0.347. The maximum Gasteiger partial charge on any atom is 0.233 e. The molecular weight excluding hydrogens is 441 g/mol. The molecule has 3 fully saturated rings. The van der Waals surface area contributed by atoms with E-state index >= 15 is 0 Å². The lowest BCUT2D eigenvalue weighted by Gasteiger charge is -2.29. The largest absolute Gasteiger partial charge is 0.378 e. The number of fused-ring (bicyclic) bond motifs is 2. The summed E-state index contributed by atoms with van der Waals surface area (Å²) in [5.74, 6) is 2.55. The molecule has 33 heavy (non-hydrogen) atoms. The van der Waals surface area contributed by atoms with E-state index in [9.17, 15) is 9.18 Å². The highest BCUT2D eigenvalue weighted by atomic mass is 32.2. The number of hydrogen-bond donors (Lipinski definition) is 1. The highest BCUT2D eigenvalue weighted by Gasteiger charge is 2.42. The number of halogens is 1. The van der Waals surface area contributed by atoms with Crippen molar-refractivity contribution in [2.45, 2.75) is 56.0 Å². The number of amides is 1. The van der Waals surface area contributed by atoms with Crippen molar-refractivity contribution >= 4 is 23.6 Å². The molecule has 0 spiro atoms. The summed E-state index contributed by atoms with van der Waals surface area (Å²) in [6, 6.07) is 6.58. The van der Waals surface area contributed by atoms with E-state index in [1.807, 2.05) is 17.6 Å². The van der Waals surface area contributed by atoms with Crippen molar-refractivity contribution in [3.05, 3.63) is 30.1 Å². The van der Waals surface area contributed by atoms with E-state index in [0.717, 1.165) is 11.8 Å². The van der Waals surface area contributed by atoms with E-state index in [4.69, 9.17) is 4.74 Å². The first-order valence-electron chi connectivity index (χ1n) is 12.0. The minimum Gasteiger partial charge on any atom is -0.378 e. The van der Waals surface area contributed by atoms with Gasteiger partial charge in [-0.25, -0.2) is 4.39 Å². The molecule has 5 unspecified atom stereocenters. The van der Waals surface area contributed by atoms with Crippen molar-refractivity contribution in [3.8, 4) is 5.69 Å². The summed E-state index contributed by atoms with van der Waals surface area (Å²) in [6.45, 7) is 6.64. The molecule has 2 bridgehead atoms. The van der Waals surface area contributed by atoms with Crippen molar-refractivity contribution < 1.29 is 13.9 Å². The topological polar surface area (TPSA) is 72.3 Å². The molecule has 2 aliphatic carbocycles. The van der Waals surface area contributed by atoms with Gasteiger partial charge in [-0.3, -0.25) is 9.36 Å². The van der Waals surface area contributed by atoms with Crippen LogP contribution in [0.3, 0.4) is 0 Å². The fraction of sp³-hybridized carbons (Fsp3) is 0.625. The van der Waals surface area contributed by atoms with Crippen molar-refractivity contribution in [2.75, 3.05) is 31.2 Å². The Kier molecular flexibility index (Phi) is 6.60. The van der Waals surface area contributed by atoms with Crippen LogP contribution < -0.4 is 10.2 Å². The first-order valence-corrected chi connectivity index (χ1v) is 12.9. The van der Waals surface area contributed by atoms with Gasteiger partial charge in [0.25, 0.3) is 0 Å². The lowest BCUT2D eigenvalue weighted by molar-refractivity contribution is -0.121. The molecule has 1 N–H and O–H groups in total. The van der Waals surface area contributed by atoms with E-state index in [1.54, 1.807) is 6.07 Å². The van der Waals surface area contributed by atoms with Gasteiger partial charge in [-0.15, -0.1) is 10.2 Å². The number of nitrogens with zero attached hydrogens (tertiary/aromatic N) is 4. The molecule has 2 heterocycles. The normalized spacial score (nSPS) is 26.4. The molecule has 1 aliphatic heterocycles. The standard InChI is InChI=1S/C24H32FN5O2S/c1-15(21-13-17-6-7-18(21)12-17)26-22(31)16(2)33-24-28-27-23(29-8-10-32-11-9-29)30(24)20-5-3-4-19(25)14-20/h3-5,14-18,21H,6-13H2,1-2H3,(H,26,31). The number of ether oxygens (including phenoxy) is 1. The van der Waals surface area contributed by atoms with Crippen LogP contribution in [0.5, 0.6) is 0 Å². The van der Waals surface area contributed by atoms with Crippen LogP contribution in [0, 0.1) is 23.6 Å². The quantitative estimate of drug-likeness (QED) is 0.619. The fourth-order valence-corrected chi connectivity index (χ4v) is 6.59. The average molecular weight is 474 g/mol. The van der Waals surface area contributed by atoms with Crippen LogP contribution in [0.4, 0.5) is 10.3 Å². The lowest BCUT2D eigenvalue weighted by Crippen LogP contribution is -2.43. The Morgan fingerprint density at radius 1 is 1.21 bits per heavy atom. The Bertz CT molecular complexity index is 995. The molecular formula is C24H32FN5O2S. The second-order valence-corrected chi connectivity index (χ2v) is 10.9. The molecule has 178 valence electrons. The molecule has 2 saturated carbocycles. The molecule has 3 aliphatic rings. The number of carbonyl (C=O) groups is 1. The Morgan fingerprint density at radius 2 is 2.03 bits per heavy atom. The molecule has 1 aromatic heterocycles. The monoisotopic (exact) mass is 473 g/mol. The van der Waals surface area contributed by atoms with Crippen LogP contribution in [0.1, 0.15) is 39.5 Å². The zero-order chi connectivity index (χ0) is 22.9. The summed E-state index contributed by atoms with van der Waals surface area (Å²) in [6.07, 6.45) is 5.23. The van der Waals surface area contributed by atoms with E-state index in [1.165, 1.54) is 49.6 Å². The predicted molar refractivity (Wildman–Crippen MR) is 126 cm³/mol. The Balaban J connectivity index is 1.32. The van der Waals surface area contributed by atoms with Gasteiger partial charge >= 0.3 is 0 Å². The number of carbonyl (C=O) groups excluding carboxylic acids is 1. The minimum absolute atomic E-state index is 0.0111. The van der Waals surface area contributed by atoms with Gasteiger partial charge in [0, 0.05) is 19.1 Å². The number of aromatic nitrogens is 3. The zero-order valence-electron chi connectivity index (χ0n) is 19.2. The van der Waals surface area contributed by atoms with Crippen LogP contribution in [0.25, 0.3) is 5.69 Å². The summed E-state index contributed by atoms with van der Waals surface area (Å²) in [4.78, 5) is 15.1. The highest BCUT2D eigenvalue weighted by molar-refractivity contribution is 8.00. The van der Waals surface area contributed by atoms with Gasteiger partial charge in [-0.2, -0.15) is 0 Å². The number of benzene rings is 1. The third kappa shape index (κ3) is 4.75. The molecule has 2 aromatic rings. The second kappa shape index (κ2) is 9.62. The summed E-state index contributed by atoms with van der Waals surface area (Å²) in [5, 5.41) is 12.3. The SMILES string of the molecule is CC(Sc1nnc(N2CCOCC2)n1-c1cccc(F)c1)C(=O)NC(C)C1CC2CCC1C2. The van der Waals surface area contributed by atoms with Crippen LogP contribution in [-0.4, -0.2) is 58.3 Å². The van der Waals surface area contributed by atoms with Crippen LogP contribution >= 0.6 is 11.8 Å². The van der Waals surface area contributed by atoms with Crippen LogP contribution in [0.2, 0.25) is 0 Å². The number of morpholine rings is 1. The fourth-order valence-electron chi connectivity index (χ4n) is 5.71. The Hall–Kier alpha value is -2.13. The zero-order valence-corrected chi connectivity index (χ0v) is 20.1. The Labute approximate surface area is 198 Å². The van der Waals surface area contributed by atoms with Gasteiger partial charge in [0.05, 0.1) is 24.2 Å². The smallest absolute Gasteiger partial charge is 0.233 e. The van der Waals surface area contributed by atoms with Gasteiger partial charge < -0.3 is 15.0 Å². The third-order valence-electron chi connectivity index (χ3n) is 7.43. The van der Waals surface area contributed by atoms with Crippen molar-refractivity contribution in [2.24, 2.45) is 17.8 Å². The number of hydrogen-bond acceptors (Lipinski definition) is 6. The first-order chi connectivity index (χ1) is 16.0. The average Bonchev–Trinajstić information content (AvgIpc) is 3.55. The summed E-state index contributed by atoms with van der Waals surface area (Å²) >= 11 is 1.36. The van der Waals surface area contributed by atoms with Crippen LogP contribution in [0.15, 0.2) is 29.4 Å². The lowest BCUT2D eigenvalue weighted by atomic mass is 9.84. The summed E-state index contributed by atoms with van der Waals surface area (Å²) in [5.41, 5.74) is 0.645. The van der Waals surface area contributed by atoms with E-state index in [-0.39, 0.29) is 23.0 Å². The van der Waals surface area contributed by atoms with Crippen LogP contribution in [-0.2, 0) is 9.53 Å². The van der Waals surface area contributed by atoms with Gasteiger partial charge in [0.15, 0.2) is 5.16 Å². The maximum atomic E-state index is 14.1. The van der Waals surface area contributed by atoms with E-state index in [2.05, 4.69) is 27.3 Å². The number of anilines is 1. The van der Waals surface area contributed by atoms with Crippen molar-refractivity contribution in [3.63, 3.8) is 0 Å². The van der Waals surface area contributed by atoms with Gasteiger partial charge in [0.2, 0.25) is 11.9 Å². The van der Waals surface area contributed by atoms with E-state index < -0.39 is 0 Å². The Morgan fingerprint density at radius 3 is 2.73 bits per heavy atom. The number of thioether (sulfide) groups is 1. The van der Waals surface area contributed by atoms with Gasteiger partial charge in [-0.05, 0) is 69.1 Å². The molecule has 7 nitrogen and oxygen atoms in total. The number of nitrogens with one attached hydrogen (secondary N) is 1. The van der Waals surface area contributed by atoms with Gasteiger partial charge in [-0.1, -0.05) is 24.2 Å². The summed E-state index contributed by atoms with van der Waals surface area (Å²) in [7, 11) is 0. The molecule has 0 radical (unpaired) electrons. The van der Waals surface area contributed by atoms with E-state index in [0.29, 0.717) is 49.0 Å². The molecule has 1 amide bonds.